The lowest BCUT2D eigenvalue weighted by atomic mass is 10.2. The normalized spacial score (nSPS) is 21.9. The number of nitrogens with zero attached hydrogens (tertiary/aromatic N) is 1. The molecule has 1 fully saturated rings. The predicted molar refractivity (Wildman–Crippen MR) is 63.6 cm³/mol. The number of benzene rings is 1. The van der Waals surface area contributed by atoms with Crippen LogP contribution in [0, 0.1) is 5.82 Å². The molecule has 0 amide bonds. The molecule has 1 aromatic carbocycles. The van der Waals surface area contributed by atoms with Crippen molar-refractivity contribution < 1.29 is 4.39 Å². The Labute approximate surface area is 97.6 Å². The number of rotatable bonds is 2. The van der Waals surface area contributed by atoms with Gasteiger partial charge in [-0.15, -0.1) is 0 Å². The summed E-state index contributed by atoms with van der Waals surface area (Å²) >= 11 is 3.35. The standard InChI is InChI=1S/C11H14BrFN2/c1-15-6-5-8(7-15)14-11-9(12)3-2-4-10(11)13/h2-4,8,14H,5-7H2,1H3. The van der Waals surface area contributed by atoms with Gasteiger partial charge >= 0.3 is 0 Å². The van der Waals surface area contributed by atoms with Crippen LogP contribution in [0.1, 0.15) is 6.42 Å². The average Bonchev–Trinajstić information content (AvgIpc) is 2.58. The van der Waals surface area contributed by atoms with E-state index < -0.39 is 0 Å². The number of nitrogens with one attached hydrogen (secondary N) is 1. The van der Waals surface area contributed by atoms with Crippen LogP contribution >= 0.6 is 15.9 Å². The van der Waals surface area contributed by atoms with Crippen LogP contribution in [-0.2, 0) is 0 Å². The SMILES string of the molecule is CN1CCC(Nc2c(F)cccc2Br)C1. The minimum absolute atomic E-state index is 0.195. The van der Waals surface area contributed by atoms with Gasteiger partial charge in [-0.2, -0.15) is 0 Å². The Hall–Kier alpha value is -0.610. The second-order valence-electron chi connectivity index (χ2n) is 3.99. The van der Waals surface area contributed by atoms with E-state index in [2.05, 4.69) is 33.2 Å². The second kappa shape index (κ2) is 4.49. The summed E-state index contributed by atoms with van der Waals surface area (Å²) in [6.07, 6.45) is 1.07. The summed E-state index contributed by atoms with van der Waals surface area (Å²) in [5, 5.41) is 3.24. The van der Waals surface area contributed by atoms with Gasteiger partial charge in [-0.25, -0.2) is 4.39 Å². The van der Waals surface area contributed by atoms with Crippen molar-refractivity contribution in [1.29, 1.82) is 0 Å². The van der Waals surface area contributed by atoms with Gasteiger partial charge in [0.15, 0.2) is 0 Å². The van der Waals surface area contributed by atoms with Crippen molar-refractivity contribution in [2.45, 2.75) is 12.5 Å². The minimum atomic E-state index is -0.195. The van der Waals surface area contributed by atoms with E-state index in [4.69, 9.17) is 0 Å². The van der Waals surface area contributed by atoms with Crippen molar-refractivity contribution in [1.82, 2.24) is 4.90 Å². The first kappa shape index (κ1) is 10.9. The van der Waals surface area contributed by atoms with Gasteiger partial charge in [-0.3, -0.25) is 0 Å². The highest BCUT2D eigenvalue weighted by Gasteiger charge is 2.20. The highest BCUT2D eigenvalue weighted by molar-refractivity contribution is 9.10. The molecule has 0 aliphatic carbocycles. The summed E-state index contributed by atoms with van der Waals surface area (Å²) in [5.41, 5.74) is 0.581. The molecule has 1 unspecified atom stereocenters. The molecule has 4 heteroatoms. The third-order valence-electron chi connectivity index (χ3n) is 2.70. The van der Waals surface area contributed by atoms with Gasteiger partial charge in [0, 0.05) is 17.1 Å². The largest absolute Gasteiger partial charge is 0.378 e. The van der Waals surface area contributed by atoms with Crippen LogP contribution in [0.2, 0.25) is 0 Å². The van der Waals surface area contributed by atoms with Crippen molar-refractivity contribution in [2.24, 2.45) is 0 Å². The molecule has 0 radical (unpaired) electrons. The third-order valence-corrected chi connectivity index (χ3v) is 3.36. The molecule has 1 saturated heterocycles. The first-order valence-corrected chi connectivity index (χ1v) is 5.85. The van der Waals surface area contributed by atoms with E-state index >= 15 is 0 Å². The Bertz CT molecular complexity index is 336. The molecule has 1 aliphatic rings. The molecule has 1 N–H and O–H groups in total. The van der Waals surface area contributed by atoms with Crippen LogP contribution in [0.25, 0.3) is 0 Å². The molecule has 2 nitrogen and oxygen atoms in total. The predicted octanol–water partition coefficient (Wildman–Crippen LogP) is 2.70. The summed E-state index contributed by atoms with van der Waals surface area (Å²) in [4.78, 5) is 2.24. The Balaban J connectivity index is 2.10. The number of hydrogen-bond donors (Lipinski definition) is 1. The van der Waals surface area contributed by atoms with Gasteiger partial charge in [0.1, 0.15) is 5.82 Å². The van der Waals surface area contributed by atoms with Gasteiger partial charge in [-0.1, -0.05) is 6.07 Å². The smallest absolute Gasteiger partial charge is 0.147 e. The Morgan fingerprint density at radius 2 is 2.33 bits per heavy atom. The van der Waals surface area contributed by atoms with Crippen LogP contribution in [0.4, 0.5) is 10.1 Å². The van der Waals surface area contributed by atoms with Crippen LogP contribution in [-0.4, -0.2) is 31.1 Å². The van der Waals surface area contributed by atoms with Gasteiger partial charge in [0.25, 0.3) is 0 Å². The van der Waals surface area contributed by atoms with E-state index in [0.29, 0.717) is 11.7 Å². The minimum Gasteiger partial charge on any atom is -0.378 e. The fourth-order valence-electron chi connectivity index (χ4n) is 1.89. The summed E-state index contributed by atoms with van der Waals surface area (Å²) in [5.74, 6) is -0.195. The number of anilines is 1. The monoisotopic (exact) mass is 272 g/mol. The zero-order valence-corrected chi connectivity index (χ0v) is 10.2. The summed E-state index contributed by atoms with van der Waals surface area (Å²) in [6.45, 7) is 2.05. The quantitative estimate of drug-likeness (QED) is 0.891. The van der Waals surface area contributed by atoms with Crippen LogP contribution in [0.5, 0.6) is 0 Å². The molecule has 1 heterocycles. The third kappa shape index (κ3) is 2.49. The molecular weight excluding hydrogens is 259 g/mol. The maximum Gasteiger partial charge on any atom is 0.147 e. The summed E-state index contributed by atoms with van der Waals surface area (Å²) in [6, 6.07) is 5.38. The summed E-state index contributed by atoms with van der Waals surface area (Å²) < 4.78 is 14.3. The van der Waals surface area contributed by atoms with Gasteiger partial charge in [0.05, 0.1) is 5.69 Å². The molecule has 1 aromatic rings. The molecule has 15 heavy (non-hydrogen) atoms. The molecule has 0 bridgehead atoms. The van der Waals surface area contributed by atoms with Crippen molar-refractivity contribution in [3.8, 4) is 0 Å². The van der Waals surface area contributed by atoms with E-state index in [1.807, 2.05) is 6.07 Å². The number of likely N-dealkylation sites (N-methyl/N-ethyl adjacent to an activating group) is 1. The lowest BCUT2D eigenvalue weighted by molar-refractivity contribution is 0.414. The molecule has 0 saturated carbocycles. The van der Waals surface area contributed by atoms with Crippen LogP contribution < -0.4 is 5.32 Å². The van der Waals surface area contributed by atoms with Gasteiger partial charge in [0.2, 0.25) is 0 Å². The fourth-order valence-corrected chi connectivity index (χ4v) is 2.35. The van der Waals surface area contributed by atoms with Gasteiger partial charge < -0.3 is 10.2 Å². The number of hydrogen-bond acceptors (Lipinski definition) is 2. The van der Waals surface area contributed by atoms with Crippen LogP contribution in [0.15, 0.2) is 22.7 Å². The second-order valence-corrected chi connectivity index (χ2v) is 4.84. The molecular formula is C11H14BrFN2. The lowest BCUT2D eigenvalue weighted by Gasteiger charge is -2.16. The van der Waals surface area contributed by atoms with Crippen LogP contribution in [0.3, 0.4) is 0 Å². The number of halogens is 2. The molecule has 82 valence electrons. The van der Waals surface area contributed by atoms with Crippen molar-refractivity contribution in [3.05, 3.63) is 28.5 Å². The van der Waals surface area contributed by atoms with Gasteiger partial charge in [-0.05, 0) is 48.1 Å². The van der Waals surface area contributed by atoms with Crippen molar-refractivity contribution in [3.63, 3.8) is 0 Å². The Kier molecular flexibility index (Phi) is 3.26. The van der Waals surface area contributed by atoms with E-state index in [1.165, 1.54) is 6.07 Å². The zero-order valence-electron chi connectivity index (χ0n) is 8.63. The number of likely N-dealkylation sites (tertiary alicyclic amines) is 1. The summed E-state index contributed by atoms with van der Waals surface area (Å²) in [7, 11) is 2.08. The Morgan fingerprint density at radius 3 is 2.93 bits per heavy atom. The first-order valence-electron chi connectivity index (χ1n) is 5.06. The van der Waals surface area contributed by atoms with E-state index in [-0.39, 0.29) is 5.82 Å². The lowest BCUT2D eigenvalue weighted by Crippen LogP contribution is -2.24. The molecule has 2 rings (SSSR count). The van der Waals surface area contributed by atoms with E-state index in [9.17, 15) is 4.39 Å². The van der Waals surface area contributed by atoms with E-state index in [0.717, 1.165) is 24.0 Å². The number of para-hydroxylation sites is 1. The first-order chi connectivity index (χ1) is 7.16. The van der Waals surface area contributed by atoms with Crippen molar-refractivity contribution in [2.75, 3.05) is 25.5 Å². The molecule has 1 aliphatic heterocycles. The fraction of sp³-hybridized carbons (Fsp3) is 0.455. The highest BCUT2D eigenvalue weighted by Crippen LogP contribution is 2.27. The molecule has 0 aromatic heterocycles. The zero-order chi connectivity index (χ0) is 10.8. The highest BCUT2D eigenvalue weighted by atomic mass is 79.9. The van der Waals surface area contributed by atoms with Crippen molar-refractivity contribution >= 4 is 21.6 Å². The average molecular weight is 273 g/mol. The Morgan fingerprint density at radius 1 is 1.53 bits per heavy atom. The maximum absolute atomic E-state index is 13.5. The maximum atomic E-state index is 13.5. The topological polar surface area (TPSA) is 15.3 Å². The van der Waals surface area contributed by atoms with E-state index in [1.54, 1.807) is 6.07 Å². The molecule has 0 spiro atoms. The molecule has 1 atom stereocenters.